The average Bonchev–Trinajstić information content (AvgIpc) is 3.23. The number of thiophene rings is 1. The smallest absolute Gasteiger partial charge is 0.248 e. The predicted molar refractivity (Wildman–Crippen MR) is 107 cm³/mol. The van der Waals surface area contributed by atoms with E-state index in [0.29, 0.717) is 18.3 Å². The van der Waals surface area contributed by atoms with Crippen LogP contribution in [0.3, 0.4) is 0 Å². The van der Waals surface area contributed by atoms with Crippen LogP contribution in [0.2, 0.25) is 0 Å². The third kappa shape index (κ3) is 4.82. The number of aliphatic imine (C=N–C) groups is 1. The molecule has 2 aromatic rings. The first kappa shape index (κ1) is 19.0. The van der Waals surface area contributed by atoms with Gasteiger partial charge in [0, 0.05) is 32.7 Å². The Bertz CT molecular complexity index is 636. The zero-order chi connectivity index (χ0) is 16.1. The van der Waals surface area contributed by atoms with Crippen molar-refractivity contribution in [1.82, 2.24) is 20.4 Å². The van der Waals surface area contributed by atoms with Gasteiger partial charge in [-0.1, -0.05) is 5.16 Å². The van der Waals surface area contributed by atoms with Crippen molar-refractivity contribution < 1.29 is 4.52 Å². The molecule has 3 heterocycles. The summed E-state index contributed by atoms with van der Waals surface area (Å²) in [6, 6.07) is 4.28. The van der Waals surface area contributed by atoms with E-state index in [9.17, 15) is 0 Å². The minimum atomic E-state index is 0. The summed E-state index contributed by atoms with van der Waals surface area (Å²) in [5.74, 6) is 2.11. The molecule has 1 aliphatic heterocycles. The highest BCUT2D eigenvalue weighted by Crippen LogP contribution is 2.22. The minimum absolute atomic E-state index is 0. The Morgan fingerprint density at radius 2 is 2.17 bits per heavy atom. The lowest BCUT2D eigenvalue weighted by Crippen LogP contribution is -2.52. The topological polar surface area (TPSA) is 69.8 Å². The Morgan fingerprint density at radius 3 is 2.75 bits per heavy atom. The number of hydrogen-bond acceptors (Lipinski definition) is 6. The Labute approximate surface area is 163 Å². The van der Waals surface area contributed by atoms with Crippen molar-refractivity contribution in [3.8, 4) is 0 Å². The van der Waals surface area contributed by atoms with Crippen molar-refractivity contribution in [3.63, 3.8) is 0 Å². The standard InChI is InChI=1S/C15H22N6OS.HI/c1-3-16-15(17-11-13-18-12(2)19-22-13)21-8-6-20(7-9-21)14-5-4-10-23-14;/h4-5,10H,3,6-9,11H2,1-2H3,(H,16,17);1H. The van der Waals surface area contributed by atoms with Gasteiger partial charge in [0.2, 0.25) is 5.89 Å². The van der Waals surface area contributed by atoms with Crippen molar-refractivity contribution in [1.29, 1.82) is 0 Å². The van der Waals surface area contributed by atoms with Gasteiger partial charge in [-0.05, 0) is 31.4 Å². The molecule has 1 saturated heterocycles. The van der Waals surface area contributed by atoms with Crippen molar-refractivity contribution >= 4 is 46.3 Å². The molecular formula is C15H23IN6OS. The third-order valence-corrected chi connectivity index (χ3v) is 4.59. The zero-order valence-electron chi connectivity index (χ0n) is 13.9. The summed E-state index contributed by atoms with van der Waals surface area (Å²) in [7, 11) is 0. The Kier molecular flexibility index (Phi) is 7.28. The van der Waals surface area contributed by atoms with E-state index < -0.39 is 0 Å². The molecule has 7 nitrogen and oxygen atoms in total. The lowest BCUT2D eigenvalue weighted by molar-refractivity contribution is 0.363. The lowest BCUT2D eigenvalue weighted by atomic mass is 10.3. The summed E-state index contributed by atoms with van der Waals surface area (Å²) in [5.41, 5.74) is 0. The maximum absolute atomic E-state index is 5.12. The summed E-state index contributed by atoms with van der Waals surface area (Å²) >= 11 is 1.79. The maximum atomic E-state index is 5.12. The van der Waals surface area contributed by atoms with Gasteiger partial charge in [0.25, 0.3) is 0 Å². The number of piperazine rings is 1. The second-order valence-corrected chi connectivity index (χ2v) is 6.26. The number of anilines is 1. The van der Waals surface area contributed by atoms with E-state index >= 15 is 0 Å². The summed E-state index contributed by atoms with van der Waals surface area (Å²) in [6.07, 6.45) is 0. The Balaban J connectivity index is 0.00000208. The molecule has 1 N–H and O–H groups in total. The van der Waals surface area contributed by atoms with E-state index in [-0.39, 0.29) is 24.0 Å². The largest absolute Gasteiger partial charge is 0.360 e. The third-order valence-electron chi connectivity index (χ3n) is 3.67. The Morgan fingerprint density at radius 1 is 1.38 bits per heavy atom. The van der Waals surface area contributed by atoms with Gasteiger partial charge < -0.3 is 19.6 Å². The van der Waals surface area contributed by atoms with Crippen LogP contribution in [0.1, 0.15) is 18.6 Å². The molecule has 0 aromatic carbocycles. The van der Waals surface area contributed by atoms with E-state index in [4.69, 9.17) is 4.52 Å². The molecule has 0 amide bonds. The molecule has 0 bridgehead atoms. The van der Waals surface area contributed by atoms with Crippen molar-refractivity contribution in [2.45, 2.75) is 20.4 Å². The predicted octanol–water partition coefficient (Wildman–Crippen LogP) is 2.35. The SMILES string of the molecule is CCNC(=NCc1nc(C)no1)N1CCN(c2cccs2)CC1.I. The average molecular weight is 462 g/mol. The number of aryl methyl sites for hydroxylation is 1. The molecule has 0 spiro atoms. The number of aromatic nitrogens is 2. The van der Waals surface area contributed by atoms with Gasteiger partial charge in [0.15, 0.2) is 11.8 Å². The lowest BCUT2D eigenvalue weighted by Gasteiger charge is -2.37. The molecule has 24 heavy (non-hydrogen) atoms. The molecule has 9 heteroatoms. The van der Waals surface area contributed by atoms with Crippen LogP contribution in [0, 0.1) is 6.92 Å². The number of halogens is 1. The molecule has 0 unspecified atom stereocenters. The van der Waals surface area contributed by atoms with Crippen LogP contribution in [0.4, 0.5) is 5.00 Å². The first-order chi connectivity index (χ1) is 11.3. The van der Waals surface area contributed by atoms with E-state index in [2.05, 4.69) is 54.7 Å². The van der Waals surface area contributed by atoms with Gasteiger partial charge in [0.05, 0.1) is 5.00 Å². The molecule has 1 fully saturated rings. The fraction of sp³-hybridized carbons (Fsp3) is 0.533. The van der Waals surface area contributed by atoms with Gasteiger partial charge in [-0.15, -0.1) is 35.3 Å². The molecular weight excluding hydrogens is 439 g/mol. The van der Waals surface area contributed by atoms with Gasteiger partial charge in [-0.3, -0.25) is 0 Å². The summed E-state index contributed by atoms with van der Waals surface area (Å²) in [4.78, 5) is 13.5. The maximum Gasteiger partial charge on any atom is 0.248 e. The summed E-state index contributed by atoms with van der Waals surface area (Å²) < 4.78 is 5.12. The number of hydrogen-bond donors (Lipinski definition) is 1. The van der Waals surface area contributed by atoms with Crippen LogP contribution in [0.5, 0.6) is 0 Å². The van der Waals surface area contributed by atoms with Crippen LogP contribution in [0.15, 0.2) is 27.0 Å². The van der Waals surface area contributed by atoms with Crippen LogP contribution >= 0.6 is 35.3 Å². The molecule has 0 aliphatic carbocycles. The number of guanidine groups is 1. The number of nitrogens with one attached hydrogen (secondary N) is 1. The molecule has 0 saturated carbocycles. The van der Waals surface area contributed by atoms with E-state index in [1.807, 2.05) is 6.92 Å². The molecule has 0 radical (unpaired) electrons. The van der Waals surface area contributed by atoms with E-state index in [0.717, 1.165) is 38.7 Å². The first-order valence-corrected chi connectivity index (χ1v) is 8.75. The second-order valence-electron chi connectivity index (χ2n) is 5.33. The van der Waals surface area contributed by atoms with Crippen molar-refractivity contribution in [2.24, 2.45) is 4.99 Å². The highest BCUT2D eigenvalue weighted by molar-refractivity contribution is 14.0. The Hall–Kier alpha value is -1.36. The normalized spacial score (nSPS) is 15.3. The molecule has 3 rings (SSSR count). The number of rotatable bonds is 4. The van der Waals surface area contributed by atoms with Crippen LogP contribution in [-0.4, -0.2) is 53.7 Å². The van der Waals surface area contributed by atoms with Gasteiger partial charge >= 0.3 is 0 Å². The van der Waals surface area contributed by atoms with E-state index in [1.165, 1.54) is 5.00 Å². The molecule has 132 valence electrons. The molecule has 1 aliphatic rings. The monoisotopic (exact) mass is 462 g/mol. The zero-order valence-corrected chi connectivity index (χ0v) is 17.1. The van der Waals surface area contributed by atoms with Gasteiger partial charge in [-0.25, -0.2) is 4.99 Å². The second kappa shape index (κ2) is 9.21. The van der Waals surface area contributed by atoms with Gasteiger partial charge in [0.1, 0.15) is 6.54 Å². The highest BCUT2D eigenvalue weighted by atomic mass is 127. The minimum Gasteiger partial charge on any atom is -0.360 e. The fourth-order valence-corrected chi connectivity index (χ4v) is 3.35. The first-order valence-electron chi connectivity index (χ1n) is 7.87. The number of nitrogens with zero attached hydrogens (tertiary/aromatic N) is 5. The van der Waals surface area contributed by atoms with Gasteiger partial charge in [-0.2, -0.15) is 4.98 Å². The van der Waals surface area contributed by atoms with Crippen LogP contribution < -0.4 is 10.2 Å². The van der Waals surface area contributed by atoms with Crippen molar-refractivity contribution in [3.05, 3.63) is 29.2 Å². The summed E-state index contributed by atoms with van der Waals surface area (Å²) in [5, 5.41) is 10.6. The van der Waals surface area contributed by atoms with E-state index in [1.54, 1.807) is 11.3 Å². The quantitative estimate of drug-likeness (QED) is 0.428. The highest BCUT2D eigenvalue weighted by Gasteiger charge is 2.20. The summed E-state index contributed by atoms with van der Waals surface area (Å²) in [6.45, 7) is 9.05. The fourth-order valence-electron chi connectivity index (χ4n) is 2.56. The van der Waals surface area contributed by atoms with Crippen LogP contribution in [0.25, 0.3) is 0 Å². The molecule has 0 atom stereocenters. The van der Waals surface area contributed by atoms with Crippen LogP contribution in [-0.2, 0) is 6.54 Å². The van der Waals surface area contributed by atoms with Crippen molar-refractivity contribution in [2.75, 3.05) is 37.6 Å². The molecule has 2 aromatic heterocycles.